The van der Waals surface area contributed by atoms with Crippen molar-refractivity contribution in [2.75, 3.05) is 18.5 Å². The molecule has 2 amide bonds. The molecule has 2 aliphatic rings. The van der Waals surface area contributed by atoms with Crippen molar-refractivity contribution in [3.63, 3.8) is 0 Å². The molecule has 1 aliphatic heterocycles. The van der Waals surface area contributed by atoms with E-state index >= 15 is 0 Å². The first-order valence-electron chi connectivity index (χ1n) is 13.3. The van der Waals surface area contributed by atoms with Gasteiger partial charge in [0.05, 0.1) is 29.7 Å². The highest BCUT2D eigenvalue weighted by atomic mass is 19.4. The molecule has 4 N–H and O–H groups in total. The van der Waals surface area contributed by atoms with E-state index in [9.17, 15) is 46.0 Å². The SMILES string of the molecule is NC(=O)C(=O)NCC1Cc2cc(C(F)(F)F)cc(CCOC3CCC(Nc4ccc([N+](=O)[O-])c(C(F)(F)F)c4)CC3)c2O1. The minimum Gasteiger partial charge on any atom is -0.488 e. The van der Waals surface area contributed by atoms with Crippen LogP contribution < -0.4 is 21.1 Å². The van der Waals surface area contributed by atoms with Gasteiger partial charge in [0.25, 0.3) is 5.69 Å². The second-order valence-electron chi connectivity index (χ2n) is 10.4. The highest BCUT2D eigenvalue weighted by Crippen LogP contribution is 2.40. The number of fused-ring (bicyclic) bond motifs is 1. The molecule has 1 unspecified atom stereocenters. The molecular weight excluding hydrogens is 590 g/mol. The third-order valence-corrected chi connectivity index (χ3v) is 7.28. The molecule has 1 fully saturated rings. The lowest BCUT2D eigenvalue weighted by Crippen LogP contribution is -2.41. The van der Waals surface area contributed by atoms with E-state index in [-0.39, 0.29) is 55.1 Å². The van der Waals surface area contributed by atoms with Crippen LogP contribution in [0.15, 0.2) is 30.3 Å². The third kappa shape index (κ3) is 8.06. The summed E-state index contributed by atoms with van der Waals surface area (Å²) in [5.41, 5.74) is 2.38. The molecule has 10 nitrogen and oxygen atoms in total. The molecule has 2 aromatic carbocycles. The van der Waals surface area contributed by atoms with Crippen molar-refractivity contribution in [2.24, 2.45) is 5.73 Å². The number of nitro benzene ring substituents is 1. The van der Waals surface area contributed by atoms with E-state index in [1.165, 1.54) is 6.07 Å². The normalized spacial score (nSPS) is 20.2. The molecule has 1 saturated carbocycles. The Balaban J connectivity index is 1.32. The van der Waals surface area contributed by atoms with Gasteiger partial charge >= 0.3 is 24.2 Å². The first kappa shape index (κ1) is 31.8. The fourth-order valence-electron chi connectivity index (χ4n) is 5.23. The number of carbonyl (C=O) groups is 2. The van der Waals surface area contributed by atoms with Crippen LogP contribution in [-0.2, 0) is 39.5 Å². The zero-order valence-electron chi connectivity index (χ0n) is 22.5. The van der Waals surface area contributed by atoms with Gasteiger partial charge in [-0.2, -0.15) is 26.3 Å². The predicted molar refractivity (Wildman–Crippen MR) is 139 cm³/mol. The van der Waals surface area contributed by atoms with Crippen molar-refractivity contribution in [3.8, 4) is 5.75 Å². The van der Waals surface area contributed by atoms with Gasteiger partial charge in [-0.25, -0.2) is 0 Å². The molecule has 16 heteroatoms. The number of hydrogen-bond acceptors (Lipinski definition) is 7. The quantitative estimate of drug-likeness (QED) is 0.162. The molecule has 0 bridgehead atoms. The Morgan fingerprint density at radius 3 is 2.35 bits per heavy atom. The summed E-state index contributed by atoms with van der Waals surface area (Å²) in [4.78, 5) is 32.2. The van der Waals surface area contributed by atoms with Crippen LogP contribution in [0, 0.1) is 10.1 Å². The summed E-state index contributed by atoms with van der Waals surface area (Å²) in [7, 11) is 0. The van der Waals surface area contributed by atoms with Crippen LogP contribution in [0.1, 0.15) is 47.9 Å². The standard InChI is InChI=1S/C27H28F6N4O6/c28-26(29,30)16-9-14(23-15(10-16)11-20(43-23)13-35-25(39)24(34)38)7-8-42-19-4-1-17(2-5-19)36-18-3-6-22(37(40)41)21(12-18)27(31,32)33/h3,6,9-10,12,17,19-20,36H,1-2,4-5,7-8,11,13H2,(H2,34,38)(H,35,39). The number of amides is 2. The second-order valence-corrected chi connectivity index (χ2v) is 10.4. The molecule has 0 radical (unpaired) electrons. The van der Waals surface area contributed by atoms with Gasteiger partial charge in [0.2, 0.25) is 0 Å². The fourth-order valence-corrected chi connectivity index (χ4v) is 5.23. The summed E-state index contributed by atoms with van der Waals surface area (Å²) in [5.74, 6) is -1.96. The van der Waals surface area contributed by atoms with Gasteiger partial charge < -0.3 is 25.8 Å². The highest BCUT2D eigenvalue weighted by Gasteiger charge is 2.39. The highest BCUT2D eigenvalue weighted by molar-refractivity contribution is 6.34. The number of nitrogens with two attached hydrogens (primary N) is 1. The van der Waals surface area contributed by atoms with Gasteiger partial charge in [0, 0.05) is 24.2 Å². The van der Waals surface area contributed by atoms with Crippen LogP contribution >= 0.6 is 0 Å². The van der Waals surface area contributed by atoms with Gasteiger partial charge in [-0.15, -0.1) is 0 Å². The van der Waals surface area contributed by atoms with E-state index in [2.05, 4.69) is 10.6 Å². The molecule has 0 saturated heterocycles. The lowest BCUT2D eigenvalue weighted by atomic mass is 9.92. The van der Waals surface area contributed by atoms with Crippen molar-refractivity contribution in [3.05, 3.63) is 62.7 Å². The fraction of sp³-hybridized carbons (Fsp3) is 0.481. The van der Waals surface area contributed by atoms with Crippen LogP contribution in [0.5, 0.6) is 5.75 Å². The van der Waals surface area contributed by atoms with Crippen LogP contribution in [0.25, 0.3) is 0 Å². The first-order chi connectivity index (χ1) is 20.1. The van der Waals surface area contributed by atoms with Gasteiger partial charge in [-0.1, -0.05) is 0 Å². The van der Waals surface area contributed by atoms with E-state index in [1.807, 2.05) is 0 Å². The molecule has 1 aliphatic carbocycles. The number of nitrogens with zero attached hydrogens (tertiary/aromatic N) is 1. The Morgan fingerprint density at radius 1 is 1.05 bits per heavy atom. The van der Waals surface area contributed by atoms with Gasteiger partial charge in [-0.05, 0) is 67.5 Å². The smallest absolute Gasteiger partial charge is 0.423 e. The lowest BCUT2D eigenvalue weighted by Gasteiger charge is -2.30. The van der Waals surface area contributed by atoms with Crippen LogP contribution in [0.4, 0.5) is 37.7 Å². The maximum atomic E-state index is 13.5. The Bertz CT molecular complexity index is 1370. The molecule has 1 heterocycles. The van der Waals surface area contributed by atoms with E-state index < -0.39 is 52.0 Å². The lowest BCUT2D eigenvalue weighted by molar-refractivity contribution is -0.388. The Morgan fingerprint density at radius 2 is 1.74 bits per heavy atom. The van der Waals surface area contributed by atoms with Gasteiger partial charge in [0.1, 0.15) is 17.4 Å². The Labute approximate surface area is 241 Å². The minimum absolute atomic E-state index is 0.0836. The Hall–Kier alpha value is -4.08. The number of halogens is 6. The molecule has 234 valence electrons. The first-order valence-corrected chi connectivity index (χ1v) is 13.3. The van der Waals surface area contributed by atoms with Crippen molar-refractivity contribution in [2.45, 2.75) is 69.1 Å². The largest absolute Gasteiger partial charge is 0.488 e. The summed E-state index contributed by atoms with van der Waals surface area (Å²) >= 11 is 0. The van der Waals surface area contributed by atoms with Crippen molar-refractivity contribution in [1.82, 2.24) is 5.32 Å². The molecule has 1 atom stereocenters. The molecular formula is C27H28F6N4O6. The number of anilines is 1. The second kappa shape index (κ2) is 12.7. The summed E-state index contributed by atoms with van der Waals surface area (Å²) in [6, 6.07) is 4.54. The zero-order valence-corrected chi connectivity index (χ0v) is 22.5. The number of alkyl halides is 6. The average molecular weight is 619 g/mol. The molecule has 2 aromatic rings. The molecule has 43 heavy (non-hydrogen) atoms. The maximum Gasteiger partial charge on any atom is 0.423 e. The molecule has 4 rings (SSSR count). The molecule has 0 aromatic heterocycles. The van der Waals surface area contributed by atoms with Crippen molar-refractivity contribution < 1.29 is 50.3 Å². The third-order valence-electron chi connectivity index (χ3n) is 7.28. The monoisotopic (exact) mass is 618 g/mol. The number of primary amides is 1. The summed E-state index contributed by atoms with van der Waals surface area (Å²) in [6.07, 6.45) is -8.07. The van der Waals surface area contributed by atoms with Crippen molar-refractivity contribution >= 4 is 23.2 Å². The van der Waals surface area contributed by atoms with Crippen LogP contribution in [0.2, 0.25) is 0 Å². The van der Waals surface area contributed by atoms with E-state index in [0.29, 0.717) is 37.3 Å². The number of benzene rings is 2. The zero-order chi connectivity index (χ0) is 31.5. The van der Waals surface area contributed by atoms with Crippen LogP contribution in [-0.4, -0.2) is 48.1 Å². The van der Waals surface area contributed by atoms with Gasteiger partial charge in [-0.3, -0.25) is 19.7 Å². The van der Waals surface area contributed by atoms with Gasteiger partial charge in [0.15, 0.2) is 0 Å². The summed E-state index contributed by atoms with van der Waals surface area (Å²) in [6.45, 7) is -0.0390. The van der Waals surface area contributed by atoms with Crippen LogP contribution in [0.3, 0.4) is 0 Å². The average Bonchev–Trinajstić information content (AvgIpc) is 3.35. The summed E-state index contributed by atoms with van der Waals surface area (Å²) in [5, 5.41) is 16.2. The summed E-state index contributed by atoms with van der Waals surface area (Å²) < 4.78 is 92.2. The van der Waals surface area contributed by atoms with Crippen molar-refractivity contribution in [1.29, 1.82) is 0 Å². The number of carbonyl (C=O) groups excluding carboxylic acids is 2. The number of ether oxygens (including phenoxy) is 2. The number of rotatable bonds is 9. The number of nitrogens with one attached hydrogen (secondary N) is 2. The molecule has 0 spiro atoms. The number of hydrogen-bond donors (Lipinski definition) is 3. The number of nitro groups is 1. The van der Waals surface area contributed by atoms with E-state index in [1.54, 1.807) is 0 Å². The Kier molecular flexibility index (Phi) is 9.37. The minimum atomic E-state index is -4.89. The van der Waals surface area contributed by atoms with E-state index in [4.69, 9.17) is 15.2 Å². The predicted octanol–water partition coefficient (Wildman–Crippen LogP) is 4.52. The van der Waals surface area contributed by atoms with E-state index in [0.717, 1.165) is 18.2 Å². The maximum absolute atomic E-state index is 13.5. The topological polar surface area (TPSA) is 146 Å².